The fourth-order valence-electron chi connectivity index (χ4n) is 3.21. The van der Waals surface area contributed by atoms with E-state index in [0.717, 1.165) is 17.9 Å². The average molecular weight is 330 g/mol. The predicted molar refractivity (Wildman–Crippen MR) is 85.6 cm³/mol. The summed E-state index contributed by atoms with van der Waals surface area (Å²) >= 11 is 0. The monoisotopic (exact) mass is 330 g/mol. The van der Waals surface area contributed by atoms with Crippen LogP contribution in [0.3, 0.4) is 0 Å². The molecule has 2 aromatic rings. The van der Waals surface area contributed by atoms with Crippen molar-refractivity contribution in [3.63, 3.8) is 0 Å². The summed E-state index contributed by atoms with van der Waals surface area (Å²) in [6.07, 6.45) is 0.977. The van der Waals surface area contributed by atoms with Crippen LogP contribution in [0.2, 0.25) is 0 Å². The second-order valence-corrected chi connectivity index (χ2v) is 6.27. The van der Waals surface area contributed by atoms with Crippen LogP contribution in [0.15, 0.2) is 36.4 Å². The summed E-state index contributed by atoms with van der Waals surface area (Å²) in [5, 5.41) is 3.14. The van der Waals surface area contributed by atoms with Crippen LogP contribution < -0.4 is 11.1 Å². The maximum atomic E-state index is 13.6. The van der Waals surface area contributed by atoms with Crippen LogP contribution in [-0.4, -0.2) is 12.2 Å². The van der Waals surface area contributed by atoms with Gasteiger partial charge < -0.3 is 11.1 Å². The van der Waals surface area contributed by atoms with Crippen molar-refractivity contribution in [1.82, 2.24) is 0 Å². The zero-order valence-electron chi connectivity index (χ0n) is 13.0. The summed E-state index contributed by atoms with van der Waals surface area (Å²) in [6, 6.07) is 7.49. The molecule has 1 heterocycles. The molecular weight excluding hydrogens is 314 g/mol. The van der Waals surface area contributed by atoms with Gasteiger partial charge in [0.05, 0.1) is 11.5 Å². The van der Waals surface area contributed by atoms with Crippen molar-refractivity contribution in [2.45, 2.75) is 19.4 Å². The number of benzene rings is 2. The van der Waals surface area contributed by atoms with Crippen molar-refractivity contribution in [3.05, 3.63) is 64.7 Å². The number of nitrogens with two attached hydrogens (primary N) is 1. The smallest absolute Gasteiger partial charge is 0.226 e. The lowest BCUT2D eigenvalue weighted by molar-refractivity contribution is -0.127. The number of rotatable bonds is 3. The van der Waals surface area contributed by atoms with E-state index in [9.17, 15) is 18.4 Å². The van der Waals surface area contributed by atoms with E-state index in [0.29, 0.717) is 16.8 Å². The first-order chi connectivity index (χ1) is 11.3. The molecule has 1 aliphatic heterocycles. The number of halogens is 2. The molecule has 2 aromatic carbocycles. The van der Waals surface area contributed by atoms with Crippen LogP contribution in [-0.2, 0) is 11.2 Å². The third-order valence-electron chi connectivity index (χ3n) is 4.54. The second-order valence-electron chi connectivity index (χ2n) is 6.27. The second kappa shape index (κ2) is 5.70. The first-order valence-corrected chi connectivity index (χ1v) is 7.44. The number of anilines is 1. The molecule has 0 saturated heterocycles. The molecule has 4 nitrogen and oxygen atoms in total. The van der Waals surface area contributed by atoms with Gasteiger partial charge in [-0.15, -0.1) is 0 Å². The lowest BCUT2D eigenvalue weighted by Crippen LogP contribution is -2.46. The van der Waals surface area contributed by atoms with Gasteiger partial charge in [-0.3, -0.25) is 9.59 Å². The molecule has 3 N–H and O–H groups in total. The van der Waals surface area contributed by atoms with E-state index in [2.05, 4.69) is 5.32 Å². The Kier molecular flexibility index (Phi) is 3.83. The van der Waals surface area contributed by atoms with Crippen molar-refractivity contribution in [2.24, 2.45) is 11.1 Å². The Balaban J connectivity index is 2.13. The highest BCUT2D eigenvalue weighted by molar-refractivity contribution is 5.85. The van der Waals surface area contributed by atoms with E-state index in [-0.39, 0.29) is 6.42 Å². The first kappa shape index (κ1) is 16.1. The Morgan fingerprint density at radius 3 is 2.50 bits per heavy atom. The Morgan fingerprint density at radius 2 is 1.92 bits per heavy atom. The van der Waals surface area contributed by atoms with Crippen molar-refractivity contribution >= 4 is 17.9 Å². The van der Waals surface area contributed by atoms with Crippen LogP contribution >= 0.6 is 0 Å². The minimum absolute atomic E-state index is 0.259. The highest BCUT2D eigenvalue weighted by Crippen LogP contribution is 2.45. The van der Waals surface area contributed by atoms with E-state index in [1.807, 2.05) is 0 Å². The molecule has 0 radical (unpaired) electrons. The molecule has 0 aliphatic carbocycles. The Bertz CT molecular complexity index is 818. The zero-order valence-corrected chi connectivity index (χ0v) is 13.0. The molecule has 24 heavy (non-hydrogen) atoms. The number of carbonyl (C=O) groups is 2. The van der Waals surface area contributed by atoms with Gasteiger partial charge in [-0.25, -0.2) is 8.78 Å². The highest BCUT2D eigenvalue weighted by atomic mass is 19.1. The molecular formula is C18H16F2N2O2. The molecule has 2 unspecified atom stereocenters. The maximum absolute atomic E-state index is 13.6. The number of carbonyl (C=O) groups excluding carboxylic acids is 2. The van der Waals surface area contributed by atoms with Gasteiger partial charge in [-0.05, 0) is 54.8 Å². The number of amides is 1. The number of hydrogen-bond donors (Lipinski definition) is 2. The largest absolute Gasteiger partial charge is 0.377 e. The topological polar surface area (TPSA) is 72.2 Å². The molecule has 0 fully saturated rings. The average Bonchev–Trinajstić information content (AvgIpc) is 2.52. The summed E-state index contributed by atoms with van der Waals surface area (Å²) < 4.78 is 27.2. The van der Waals surface area contributed by atoms with Gasteiger partial charge in [-0.2, -0.15) is 0 Å². The molecule has 1 amide bonds. The van der Waals surface area contributed by atoms with Crippen molar-refractivity contribution in [2.75, 3.05) is 5.32 Å². The van der Waals surface area contributed by atoms with Gasteiger partial charge in [0.25, 0.3) is 0 Å². The third kappa shape index (κ3) is 2.64. The summed E-state index contributed by atoms with van der Waals surface area (Å²) in [4.78, 5) is 23.1. The minimum Gasteiger partial charge on any atom is -0.377 e. The first-order valence-electron chi connectivity index (χ1n) is 7.44. The van der Waals surface area contributed by atoms with Gasteiger partial charge in [0.15, 0.2) is 0 Å². The van der Waals surface area contributed by atoms with E-state index in [1.54, 1.807) is 25.1 Å². The standard InChI is InChI=1S/C18H16F2N2O2/c1-18(17(21)24)8-12-4-10(9-23)2-3-15(12)22-16(18)11-5-13(19)7-14(20)6-11/h2-7,9,16,22H,8H2,1H3,(H2,21,24). The van der Waals surface area contributed by atoms with E-state index >= 15 is 0 Å². The number of hydrogen-bond acceptors (Lipinski definition) is 3. The zero-order chi connectivity index (χ0) is 17.5. The van der Waals surface area contributed by atoms with Gasteiger partial charge in [-0.1, -0.05) is 0 Å². The normalized spacial score (nSPS) is 22.4. The molecule has 3 rings (SSSR count). The molecule has 0 spiro atoms. The molecule has 0 bridgehead atoms. The molecule has 0 aromatic heterocycles. The number of primary amides is 1. The number of nitrogens with one attached hydrogen (secondary N) is 1. The molecule has 0 saturated carbocycles. The van der Waals surface area contributed by atoms with Gasteiger partial charge in [0.2, 0.25) is 5.91 Å². The number of fused-ring (bicyclic) bond motifs is 1. The summed E-state index contributed by atoms with van der Waals surface area (Å²) in [6.45, 7) is 1.65. The quantitative estimate of drug-likeness (QED) is 0.850. The number of aldehydes is 1. The van der Waals surface area contributed by atoms with Gasteiger partial charge >= 0.3 is 0 Å². The van der Waals surface area contributed by atoms with Crippen LogP contribution in [0.5, 0.6) is 0 Å². The molecule has 1 aliphatic rings. The van der Waals surface area contributed by atoms with Crippen molar-refractivity contribution < 1.29 is 18.4 Å². The van der Waals surface area contributed by atoms with Crippen LogP contribution in [0.1, 0.15) is 34.5 Å². The van der Waals surface area contributed by atoms with Gasteiger partial charge in [0, 0.05) is 17.3 Å². The molecule has 124 valence electrons. The van der Waals surface area contributed by atoms with Crippen LogP contribution in [0.4, 0.5) is 14.5 Å². The van der Waals surface area contributed by atoms with E-state index in [4.69, 9.17) is 5.73 Å². The van der Waals surface area contributed by atoms with Crippen molar-refractivity contribution in [3.8, 4) is 0 Å². The Hall–Kier alpha value is -2.76. The molecule has 2 atom stereocenters. The van der Waals surface area contributed by atoms with E-state index < -0.39 is 29.0 Å². The maximum Gasteiger partial charge on any atom is 0.226 e. The lowest BCUT2D eigenvalue weighted by atomic mass is 9.70. The summed E-state index contributed by atoms with van der Waals surface area (Å²) in [7, 11) is 0. The highest BCUT2D eigenvalue weighted by Gasteiger charge is 2.44. The lowest BCUT2D eigenvalue weighted by Gasteiger charge is -2.41. The summed E-state index contributed by atoms with van der Waals surface area (Å²) in [5.41, 5.74) is 6.74. The fourth-order valence-corrected chi connectivity index (χ4v) is 3.21. The van der Waals surface area contributed by atoms with Crippen LogP contribution in [0, 0.1) is 17.0 Å². The third-order valence-corrected chi connectivity index (χ3v) is 4.54. The van der Waals surface area contributed by atoms with E-state index in [1.165, 1.54) is 12.1 Å². The minimum atomic E-state index is -1.10. The summed E-state index contributed by atoms with van der Waals surface area (Å²) in [5.74, 6) is -2.03. The van der Waals surface area contributed by atoms with Crippen LogP contribution in [0.25, 0.3) is 0 Å². The van der Waals surface area contributed by atoms with Crippen molar-refractivity contribution in [1.29, 1.82) is 0 Å². The van der Waals surface area contributed by atoms with Gasteiger partial charge in [0.1, 0.15) is 17.9 Å². The predicted octanol–water partition coefficient (Wildman–Crippen LogP) is 2.98. The molecule has 6 heteroatoms. The Labute approximate surface area is 137 Å². The Morgan fingerprint density at radius 1 is 1.25 bits per heavy atom. The fraction of sp³-hybridized carbons (Fsp3) is 0.222. The SMILES string of the molecule is CC1(C(N)=O)Cc2cc(C=O)ccc2NC1c1cc(F)cc(F)c1.